The first-order valence-corrected chi connectivity index (χ1v) is 11.9. The first-order chi connectivity index (χ1) is 17.4. The van der Waals surface area contributed by atoms with Crippen LogP contribution in [0.2, 0.25) is 0 Å². The van der Waals surface area contributed by atoms with E-state index < -0.39 is 0 Å². The molecular weight excluding hydrogens is 426 g/mol. The Kier molecular flexibility index (Phi) is 4.52. The molecule has 1 N–H and O–H groups in total. The summed E-state index contributed by atoms with van der Waals surface area (Å²) >= 11 is 0. The van der Waals surface area contributed by atoms with Crippen LogP contribution in [0.4, 0.5) is 0 Å². The third-order valence-corrected chi connectivity index (χ3v) is 6.91. The Morgan fingerprint density at radius 3 is 2.17 bits per heavy atom. The summed E-state index contributed by atoms with van der Waals surface area (Å²) in [6, 6.07) is 40.9. The molecule has 1 aliphatic heterocycles. The lowest BCUT2D eigenvalue weighted by molar-refractivity contribution is 0.756. The fraction of sp³-hybridized carbons (Fsp3) is 0.0312. The lowest BCUT2D eigenvalue weighted by Gasteiger charge is -2.23. The van der Waals surface area contributed by atoms with Gasteiger partial charge in [-0.05, 0) is 34.2 Å². The zero-order valence-electron chi connectivity index (χ0n) is 19.1. The number of para-hydroxylation sites is 1. The Bertz CT molecular complexity index is 1760. The van der Waals surface area contributed by atoms with Crippen LogP contribution in [-0.2, 0) is 0 Å². The normalized spacial score (nSPS) is 15.4. The van der Waals surface area contributed by atoms with Gasteiger partial charge < -0.3 is 5.32 Å². The fourth-order valence-electron chi connectivity index (χ4n) is 5.20. The summed E-state index contributed by atoms with van der Waals surface area (Å²) < 4.78 is 2.28. The molecule has 0 amide bonds. The smallest absolute Gasteiger partial charge is 0.208 e. The maximum Gasteiger partial charge on any atom is 0.208 e. The molecule has 1 atom stereocenters. The fourth-order valence-corrected chi connectivity index (χ4v) is 5.20. The van der Waals surface area contributed by atoms with Crippen LogP contribution in [0.1, 0.15) is 11.6 Å². The molecule has 0 fully saturated rings. The molecular formula is C32H23N3. The molecule has 1 aliphatic rings. The van der Waals surface area contributed by atoms with Crippen LogP contribution in [0.15, 0.2) is 133 Å². The molecule has 0 aliphatic carbocycles. The summed E-state index contributed by atoms with van der Waals surface area (Å²) in [7, 11) is 0. The quantitative estimate of drug-likeness (QED) is 0.289. The Morgan fingerprint density at radius 2 is 1.31 bits per heavy atom. The van der Waals surface area contributed by atoms with Crippen LogP contribution in [0.25, 0.3) is 43.7 Å². The van der Waals surface area contributed by atoms with Crippen molar-refractivity contribution in [2.75, 3.05) is 0 Å². The van der Waals surface area contributed by atoms with Crippen molar-refractivity contribution in [3.63, 3.8) is 0 Å². The van der Waals surface area contributed by atoms with Crippen molar-refractivity contribution < 1.29 is 0 Å². The molecule has 2 heterocycles. The maximum absolute atomic E-state index is 4.81. The van der Waals surface area contributed by atoms with Crippen molar-refractivity contribution in [1.29, 1.82) is 0 Å². The molecule has 3 nitrogen and oxygen atoms in total. The lowest BCUT2D eigenvalue weighted by Crippen LogP contribution is -2.34. The van der Waals surface area contributed by atoms with Crippen molar-refractivity contribution in [3.05, 3.63) is 133 Å². The molecule has 0 bridgehead atoms. The second kappa shape index (κ2) is 8.00. The van der Waals surface area contributed by atoms with E-state index in [2.05, 4.69) is 125 Å². The number of aliphatic imine (C=N–C) groups is 1. The Balaban J connectivity index is 1.33. The van der Waals surface area contributed by atoms with Crippen molar-refractivity contribution in [1.82, 2.24) is 9.88 Å². The maximum atomic E-state index is 4.81. The molecule has 0 saturated heterocycles. The molecule has 3 heteroatoms. The Hall–Kier alpha value is -4.63. The monoisotopic (exact) mass is 449 g/mol. The first kappa shape index (κ1) is 19.8. The second-order valence-electron chi connectivity index (χ2n) is 8.94. The summed E-state index contributed by atoms with van der Waals surface area (Å²) in [6.07, 6.45) is 4.04. The zero-order valence-corrected chi connectivity index (χ0v) is 19.1. The second-order valence-corrected chi connectivity index (χ2v) is 8.94. The summed E-state index contributed by atoms with van der Waals surface area (Å²) in [4.78, 5) is 4.81. The van der Waals surface area contributed by atoms with Crippen LogP contribution in [-0.4, -0.2) is 10.5 Å². The van der Waals surface area contributed by atoms with Gasteiger partial charge in [0.15, 0.2) is 0 Å². The van der Waals surface area contributed by atoms with E-state index in [4.69, 9.17) is 4.99 Å². The molecule has 1 unspecified atom stereocenters. The highest BCUT2D eigenvalue weighted by Crippen LogP contribution is 2.34. The number of nitrogens with one attached hydrogen (secondary N) is 1. The van der Waals surface area contributed by atoms with E-state index in [1.165, 1.54) is 43.8 Å². The summed E-state index contributed by atoms with van der Waals surface area (Å²) in [5.41, 5.74) is 5.99. The average Bonchev–Trinajstić information content (AvgIpc) is 3.29. The van der Waals surface area contributed by atoms with Gasteiger partial charge in [0.2, 0.25) is 5.96 Å². The number of benzene rings is 5. The van der Waals surface area contributed by atoms with Gasteiger partial charge in [0, 0.05) is 22.4 Å². The SMILES string of the molecule is C1=CC(c2ccc(-c3ccccc3)cc2)NC(n2c3ccccc3c3ccc4ccccc4c32)=N1. The van der Waals surface area contributed by atoms with Crippen LogP contribution in [0, 0.1) is 0 Å². The molecule has 7 rings (SSSR count). The number of fused-ring (bicyclic) bond motifs is 5. The molecule has 0 spiro atoms. The molecule has 6 aromatic rings. The molecule has 5 aromatic carbocycles. The van der Waals surface area contributed by atoms with Gasteiger partial charge in [0.1, 0.15) is 0 Å². The highest BCUT2D eigenvalue weighted by atomic mass is 15.2. The number of nitrogens with zero attached hydrogens (tertiary/aromatic N) is 2. The molecule has 1 aromatic heterocycles. The van der Waals surface area contributed by atoms with Gasteiger partial charge in [-0.1, -0.05) is 109 Å². The summed E-state index contributed by atoms with van der Waals surface area (Å²) in [5, 5.41) is 8.63. The highest BCUT2D eigenvalue weighted by Gasteiger charge is 2.20. The number of aromatic nitrogens is 1. The third kappa shape index (κ3) is 3.24. The predicted octanol–water partition coefficient (Wildman–Crippen LogP) is 7.68. The molecule has 0 radical (unpaired) electrons. The van der Waals surface area contributed by atoms with Gasteiger partial charge in [0.05, 0.1) is 17.1 Å². The summed E-state index contributed by atoms with van der Waals surface area (Å²) in [6.45, 7) is 0. The topological polar surface area (TPSA) is 29.3 Å². The van der Waals surface area contributed by atoms with Gasteiger partial charge in [-0.15, -0.1) is 0 Å². The minimum absolute atomic E-state index is 0.0403. The van der Waals surface area contributed by atoms with Gasteiger partial charge in [0.25, 0.3) is 0 Å². The van der Waals surface area contributed by atoms with E-state index in [9.17, 15) is 0 Å². The van der Waals surface area contributed by atoms with Crippen molar-refractivity contribution >= 4 is 38.5 Å². The average molecular weight is 450 g/mol. The molecule has 0 saturated carbocycles. The van der Waals surface area contributed by atoms with E-state index in [0.717, 1.165) is 11.5 Å². The van der Waals surface area contributed by atoms with E-state index in [1.807, 2.05) is 12.3 Å². The van der Waals surface area contributed by atoms with Crippen LogP contribution < -0.4 is 5.32 Å². The number of hydrogen-bond acceptors (Lipinski definition) is 2. The number of rotatable bonds is 2. The Labute approximate surface area is 203 Å². The third-order valence-electron chi connectivity index (χ3n) is 6.91. The van der Waals surface area contributed by atoms with Crippen molar-refractivity contribution in [2.45, 2.75) is 6.04 Å². The first-order valence-electron chi connectivity index (χ1n) is 11.9. The van der Waals surface area contributed by atoms with Gasteiger partial charge >= 0.3 is 0 Å². The Morgan fingerprint density at radius 1 is 0.600 bits per heavy atom. The predicted molar refractivity (Wildman–Crippen MR) is 147 cm³/mol. The standard InChI is InChI=1S/C32H23N3/c1-2-8-22(9-3-1)23-14-16-25(17-15-23)29-20-21-33-32(34-29)35-30-13-7-6-12-27(30)28-19-18-24-10-4-5-11-26(24)31(28)35/h1-21,29H,(H,33,34). The van der Waals surface area contributed by atoms with Crippen LogP contribution >= 0.6 is 0 Å². The largest absolute Gasteiger partial charge is 0.345 e. The van der Waals surface area contributed by atoms with Crippen LogP contribution in [0.5, 0.6) is 0 Å². The van der Waals surface area contributed by atoms with Crippen LogP contribution in [0.3, 0.4) is 0 Å². The van der Waals surface area contributed by atoms with E-state index in [-0.39, 0.29) is 6.04 Å². The summed E-state index contributed by atoms with van der Waals surface area (Å²) in [5.74, 6) is 0.840. The highest BCUT2D eigenvalue weighted by molar-refractivity contribution is 6.21. The van der Waals surface area contributed by atoms with Crippen molar-refractivity contribution in [2.24, 2.45) is 4.99 Å². The van der Waals surface area contributed by atoms with E-state index in [0.29, 0.717) is 0 Å². The van der Waals surface area contributed by atoms with E-state index >= 15 is 0 Å². The number of hydrogen-bond donors (Lipinski definition) is 1. The van der Waals surface area contributed by atoms with Gasteiger partial charge in [-0.2, -0.15) is 0 Å². The van der Waals surface area contributed by atoms with Gasteiger partial charge in [-0.25, -0.2) is 4.99 Å². The van der Waals surface area contributed by atoms with Gasteiger partial charge in [-0.3, -0.25) is 4.57 Å². The minimum atomic E-state index is 0.0403. The lowest BCUT2D eigenvalue weighted by atomic mass is 10.0. The van der Waals surface area contributed by atoms with Crippen molar-refractivity contribution in [3.8, 4) is 11.1 Å². The zero-order chi connectivity index (χ0) is 23.2. The van der Waals surface area contributed by atoms with E-state index in [1.54, 1.807) is 0 Å². The molecule has 35 heavy (non-hydrogen) atoms. The molecule has 166 valence electrons. The minimum Gasteiger partial charge on any atom is -0.345 e.